The van der Waals surface area contributed by atoms with Gasteiger partial charge in [-0.3, -0.25) is 9.97 Å². The smallest absolute Gasteiger partial charge is 0.139 e. The largest absolute Gasteiger partial charge is 0.495 e. The predicted octanol–water partition coefficient (Wildman–Crippen LogP) is 5.89. The molecule has 0 amide bonds. The zero-order valence-corrected chi connectivity index (χ0v) is 19.6. The van der Waals surface area contributed by atoms with Crippen LogP contribution in [0.3, 0.4) is 0 Å². The van der Waals surface area contributed by atoms with Gasteiger partial charge in [0.15, 0.2) is 0 Å². The van der Waals surface area contributed by atoms with Gasteiger partial charge < -0.3 is 14.4 Å². The monoisotopic (exact) mass is 439 g/mol. The minimum Gasteiger partial charge on any atom is -0.495 e. The molecule has 5 heteroatoms. The maximum Gasteiger partial charge on any atom is 0.139 e. The molecule has 0 unspecified atom stereocenters. The fraction of sp³-hybridized carbons (Fsp3) is 0.286. The van der Waals surface area contributed by atoms with Crippen molar-refractivity contribution in [2.24, 2.45) is 0 Å². The Labute approximate surface area is 195 Å². The van der Waals surface area contributed by atoms with Crippen LogP contribution in [0.4, 0.5) is 5.69 Å². The fourth-order valence-corrected chi connectivity index (χ4v) is 4.70. The number of morpholine rings is 1. The molecule has 0 aliphatic carbocycles. The van der Waals surface area contributed by atoms with Gasteiger partial charge in [-0.2, -0.15) is 0 Å². The second-order valence-electron chi connectivity index (χ2n) is 8.86. The number of aromatic nitrogens is 2. The van der Waals surface area contributed by atoms with Gasteiger partial charge in [0.25, 0.3) is 0 Å². The van der Waals surface area contributed by atoms with Crippen molar-refractivity contribution in [1.82, 2.24) is 9.97 Å². The van der Waals surface area contributed by atoms with Crippen molar-refractivity contribution in [3.63, 3.8) is 0 Å². The van der Waals surface area contributed by atoms with Gasteiger partial charge in [0.1, 0.15) is 5.75 Å². The molecule has 2 aromatic heterocycles. The van der Waals surface area contributed by atoms with E-state index in [-0.39, 0.29) is 12.2 Å². The van der Waals surface area contributed by atoms with Gasteiger partial charge in [0.05, 0.1) is 30.2 Å². The van der Waals surface area contributed by atoms with E-state index in [1.165, 1.54) is 11.3 Å². The van der Waals surface area contributed by atoms with Crippen LogP contribution in [0.1, 0.15) is 19.4 Å². The zero-order valence-electron chi connectivity index (χ0n) is 19.6. The number of pyridine rings is 2. The molecular weight excluding hydrogens is 410 g/mol. The number of benzene rings is 2. The number of methoxy groups -OCH3 is 1. The Morgan fingerprint density at radius 1 is 0.848 bits per heavy atom. The topological polar surface area (TPSA) is 47.5 Å². The Bertz CT molecular complexity index is 1260. The van der Waals surface area contributed by atoms with Crippen molar-refractivity contribution in [1.29, 1.82) is 0 Å². The Morgan fingerprint density at radius 2 is 1.48 bits per heavy atom. The molecule has 1 aliphatic rings. The first-order valence-corrected chi connectivity index (χ1v) is 11.4. The number of anilines is 1. The Morgan fingerprint density at radius 3 is 2.15 bits per heavy atom. The third-order valence-corrected chi connectivity index (χ3v) is 6.26. The van der Waals surface area contributed by atoms with Crippen LogP contribution in [0.25, 0.3) is 33.2 Å². The van der Waals surface area contributed by atoms with E-state index in [1.54, 1.807) is 7.11 Å². The average molecular weight is 440 g/mol. The summed E-state index contributed by atoms with van der Waals surface area (Å²) in [4.78, 5) is 11.7. The second-order valence-corrected chi connectivity index (χ2v) is 8.86. The first kappa shape index (κ1) is 21.4. The molecule has 2 aromatic carbocycles. The molecule has 0 bridgehead atoms. The van der Waals surface area contributed by atoms with Gasteiger partial charge >= 0.3 is 0 Å². The molecular formula is C28H29N3O2. The second kappa shape index (κ2) is 8.83. The van der Waals surface area contributed by atoms with E-state index in [0.29, 0.717) is 0 Å². The molecule has 0 N–H and O–H groups in total. The summed E-state index contributed by atoms with van der Waals surface area (Å²) in [5.74, 6) is 0.794. The van der Waals surface area contributed by atoms with Crippen LogP contribution >= 0.6 is 0 Å². The lowest BCUT2D eigenvalue weighted by molar-refractivity contribution is -0.00521. The summed E-state index contributed by atoms with van der Waals surface area (Å²) in [6, 6.07) is 17.1. The number of hydrogen-bond acceptors (Lipinski definition) is 5. The van der Waals surface area contributed by atoms with Crippen molar-refractivity contribution in [3.05, 3.63) is 72.7 Å². The number of ether oxygens (including phenoxy) is 2. The highest BCUT2D eigenvalue weighted by Gasteiger charge is 2.22. The molecule has 1 fully saturated rings. The third kappa shape index (κ3) is 4.16. The van der Waals surface area contributed by atoms with Crippen LogP contribution in [0, 0.1) is 6.92 Å². The van der Waals surface area contributed by atoms with E-state index in [2.05, 4.69) is 79.2 Å². The van der Waals surface area contributed by atoms with E-state index in [4.69, 9.17) is 14.5 Å². The summed E-state index contributed by atoms with van der Waals surface area (Å²) in [5, 5.41) is 0.910. The van der Waals surface area contributed by atoms with Crippen molar-refractivity contribution < 1.29 is 9.47 Å². The lowest BCUT2D eigenvalue weighted by Gasteiger charge is -2.36. The van der Waals surface area contributed by atoms with Crippen molar-refractivity contribution >= 4 is 16.6 Å². The van der Waals surface area contributed by atoms with Crippen molar-refractivity contribution in [2.75, 3.05) is 25.1 Å². The summed E-state index contributed by atoms with van der Waals surface area (Å²) in [6.45, 7) is 8.14. The molecule has 0 radical (unpaired) electrons. The fourth-order valence-electron chi connectivity index (χ4n) is 4.70. The molecule has 4 aromatic rings. The van der Waals surface area contributed by atoms with Gasteiger partial charge in [0, 0.05) is 48.5 Å². The van der Waals surface area contributed by atoms with Gasteiger partial charge in [-0.1, -0.05) is 42.0 Å². The van der Waals surface area contributed by atoms with E-state index >= 15 is 0 Å². The van der Waals surface area contributed by atoms with Crippen LogP contribution in [0.5, 0.6) is 5.75 Å². The summed E-state index contributed by atoms with van der Waals surface area (Å²) < 4.78 is 11.8. The lowest BCUT2D eigenvalue weighted by Crippen LogP contribution is -2.45. The van der Waals surface area contributed by atoms with Crippen molar-refractivity contribution in [3.8, 4) is 28.0 Å². The molecule has 3 heterocycles. The number of fused-ring (bicyclic) bond motifs is 1. The highest BCUT2D eigenvalue weighted by atomic mass is 16.5. The molecule has 2 atom stereocenters. The minimum absolute atomic E-state index is 0.230. The molecule has 0 saturated carbocycles. The Balaban J connectivity index is 1.53. The maximum atomic E-state index is 5.89. The van der Waals surface area contributed by atoms with E-state index in [9.17, 15) is 0 Å². The summed E-state index contributed by atoms with van der Waals surface area (Å²) in [7, 11) is 1.71. The molecule has 168 valence electrons. The van der Waals surface area contributed by atoms with Gasteiger partial charge in [-0.05, 0) is 44.0 Å². The quantitative estimate of drug-likeness (QED) is 0.397. The Hall–Kier alpha value is -3.44. The van der Waals surface area contributed by atoms with Crippen LogP contribution in [0.2, 0.25) is 0 Å². The van der Waals surface area contributed by atoms with Gasteiger partial charge in [-0.15, -0.1) is 0 Å². The SMILES string of the molecule is COc1c(-c2ccc(N3C[C@@H](C)O[C@@H](C)C3)cc2)cnc2c(-c3ccc(C)cc3)cncc12. The molecule has 5 nitrogen and oxygen atoms in total. The van der Waals surface area contributed by atoms with Gasteiger partial charge in [0.2, 0.25) is 0 Å². The number of aryl methyl sites for hydroxylation is 1. The summed E-state index contributed by atoms with van der Waals surface area (Å²) >= 11 is 0. The molecule has 1 saturated heterocycles. The summed E-state index contributed by atoms with van der Waals surface area (Å²) in [5.41, 5.74) is 7.45. The number of rotatable bonds is 4. The van der Waals surface area contributed by atoms with Crippen LogP contribution < -0.4 is 9.64 Å². The first-order valence-electron chi connectivity index (χ1n) is 11.4. The lowest BCUT2D eigenvalue weighted by atomic mass is 10.00. The van der Waals surface area contributed by atoms with Gasteiger partial charge in [-0.25, -0.2) is 0 Å². The molecule has 33 heavy (non-hydrogen) atoms. The average Bonchev–Trinajstić information content (AvgIpc) is 2.83. The number of hydrogen-bond donors (Lipinski definition) is 0. The molecule has 0 spiro atoms. The standard InChI is InChI=1S/C28H29N3O2/c1-18-5-7-21(8-6-18)24-13-29-14-26-27(24)30-15-25(28(26)32-4)22-9-11-23(12-10-22)31-16-19(2)33-20(3)17-31/h5-15,19-20H,16-17H2,1-4H3/t19-,20+. The molecule has 5 rings (SSSR count). The van der Waals surface area contributed by atoms with E-state index < -0.39 is 0 Å². The number of nitrogens with zero attached hydrogens (tertiary/aromatic N) is 3. The Kier molecular flexibility index (Phi) is 5.73. The first-order chi connectivity index (χ1) is 16.0. The van der Waals surface area contributed by atoms with Crippen molar-refractivity contribution in [2.45, 2.75) is 33.0 Å². The summed E-state index contributed by atoms with van der Waals surface area (Å²) in [6.07, 6.45) is 6.08. The van der Waals surface area contributed by atoms with Crippen LogP contribution in [-0.2, 0) is 4.74 Å². The predicted molar refractivity (Wildman–Crippen MR) is 134 cm³/mol. The third-order valence-electron chi connectivity index (χ3n) is 6.26. The van der Waals surface area contributed by atoms with E-state index in [1.807, 2.05) is 18.6 Å². The normalized spacial score (nSPS) is 18.5. The van der Waals surface area contributed by atoms with Crippen LogP contribution in [-0.4, -0.2) is 42.4 Å². The highest BCUT2D eigenvalue weighted by Crippen LogP contribution is 2.38. The van der Waals surface area contributed by atoms with E-state index in [0.717, 1.165) is 52.0 Å². The highest BCUT2D eigenvalue weighted by molar-refractivity contribution is 5.99. The minimum atomic E-state index is 0.230. The maximum absolute atomic E-state index is 5.89. The zero-order chi connectivity index (χ0) is 22.9. The molecule has 1 aliphatic heterocycles. The van der Waals surface area contributed by atoms with Crippen LogP contribution in [0.15, 0.2) is 67.1 Å².